The molecule has 1 saturated carbocycles. The molecule has 0 saturated heterocycles. The largest absolute Gasteiger partial charge is 0.299 e. The number of carbonyl (C=O) groups is 1. The molecule has 0 aromatic heterocycles. The van der Waals surface area contributed by atoms with E-state index in [1.165, 1.54) is 6.42 Å². The van der Waals surface area contributed by atoms with Gasteiger partial charge >= 0.3 is 0 Å². The van der Waals surface area contributed by atoms with Crippen molar-refractivity contribution in [1.82, 2.24) is 0 Å². The molecule has 0 amide bonds. The van der Waals surface area contributed by atoms with Crippen LogP contribution in [-0.2, 0) is 4.79 Å². The van der Waals surface area contributed by atoms with E-state index in [-0.39, 0.29) is 5.41 Å². The van der Waals surface area contributed by atoms with Crippen molar-refractivity contribution in [3.8, 4) is 0 Å². The van der Waals surface area contributed by atoms with E-state index < -0.39 is 0 Å². The van der Waals surface area contributed by atoms with Crippen LogP contribution < -0.4 is 0 Å². The fourth-order valence-electron chi connectivity index (χ4n) is 2.93. The van der Waals surface area contributed by atoms with E-state index in [9.17, 15) is 4.79 Å². The van der Waals surface area contributed by atoms with Crippen molar-refractivity contribution in [1.29, 1.82) is 0 Å². The molecule has 1 aliphatic carbocycles. The van der Waals surface area contributed by atoms with Gasteiger partial charge < -0.3 is 0 Å². The molecule has 1 rings (SSSR count). The van der Waals surface area contributed by atoms with Gasteiger partial charge in [0.15, 0.2) is 0 Å². The molecule has 0 N–H and O–H groups in total. The maximum absolute atomic E-state index is 11.9. The summed E-state index contributed by atoms with van der Waals surface area (Å²) in [6, 6.07) is 0. The topological polar surface area (TPSA) is 17.1 Å². The summed E-state index contributed by atoms with van der Waals surface area (Å²) >= 11 is 0. The SMILES string of the molecule is C=C/C(=C\C)C1(C(C)=O)CCCC(C)C1. The van der Waals surface area contributed by atoms with Crippen LogP contribution in [0.3, 0.4) is 0 Å². The van der Waals surface area contributed by atoms with Crippen LogP contribution in [-0.4, -0.2) is 5.78 Å². The van der Waals surface area contributed by atoms with Gasteiger partial charge in [-0.2, -0.15) is 0 Å². The molecule has 0 aromatic rings. The van der Waals surface area contributed by atoms with E-state index in [0.717, 1.165) is 24.8 Å². The molecule has 0 spiro atoms. The Hall–Kier alpha value is -0.850. The van der Waals surface area contributed by atoms with E-state index in [2.05, 4.69) is 13.5 Å². The summed E-state index contributed by atoms with van der Waals surface area (Å²) in [6.45, 7) is 9.81. The van der Waals surface area contributed by atoms with Gasteiger partial charge in [-0.05, 0) is 38.2 Å². The second-order valence-corrected chi connectivity index (χ2v) is 4.79. The van der Waals surface area contributed by atoms with Gasteiger partial charge in [-0.3, -0.25) is 4.79 Å². The zero-order valence-corrected chi connectivity index (χ0v) is 10.2. The van der Waals surface area contributed by atoms with Crippen molar-refractivity contribution in [2.75, 3.05) is 0 Å². The van der Waals surface area contributed by atoms with E-state index >= 15 is 0 Å². The molecule has 0 aromatic carbocycles. The summed E-state index contributed by atoms with van der Waals surface area (Å²) in [5.74, 6) is 0.958. The van der Waals surface area contributed by atoms with Crippen molar-refractivity contribution in [2.45, 2.75) is 46.5 Å². The molecule has 1 fully saturated rings. The summed E-state index contributed by atoms with van der Waals surface area (Å²) in [4.78, 5) is 11.9. The van der Waals surface area contributed by atoms with E-state index in [1.807, 2.05) is 19.1 Å². The minimum absolute atomic E-state index is 0.228. The van der Waals surface area contributed by atoms with Gasteiger partial charge in [0.05, 0.1) is 5.41 Å². The van der Waals surface area contributed by atoms with Gasteiger partial charge in [0, 0.05) is 0 Å². The number of Topliss-reactive ketones (excluding diaryl/α,β-unsaturated/α-hetero) is 1. The van der Waals surface area contributed by atoms with Gasteiger partial charge in [-0.15, -0.1) is 0 Å². The highest BCUT2D eigenvalue weighted by atomic mass is 16.1. The Kier molecular flexibility index (Phi) is 3.90. The third-order valence-electron chi connectivity index (χ3n) is 3.75. The van der Waals surface area contributed by atoms with Crippen LogP contribution in [0.25, 0.3) is 0 Å². The molecular formula is C14H22O. The fraction of sp³-hybridized carbons (Fsp3) is 0.643. The Morgan fingerprint density at radius 1 is 1.53 bits per heavy atom. The molecule has 2 atom stereocenters. The van der Waals surface area contributed by atoms with Crippen LogP contribution in [0.1, 0.15) is 46.5 Å². The van der Waals surface area contributed by atoms with Crippen LogP contribution in [0.4, 0.5) is 0 Å². The zero-order chi connectivity index (χ0) is 11.5. The van der Waals surface area contributed by atoms with Crippen LogP contribution in [0.2, 0.25) is 0 Å². The van der Waals surface area contributed by atoms with Crippen molar-refractivity contribution in [3.63, 3.8) is 0 Å². The Balaban J connectivity index is 3.07. The summed E-state index contributed by atoms with van der Waals surface area (Å²) in [7, 11) is 0. The highest BCUT2D eigenvalue weighted by Crippen LogP contribution is 2.45. The molecular weight excluding hydrogens is 184 g/mol. The number of ketones is 1. The average molecular weight is 206 g/mol. The summed E-state index contributed by atoms with van der Waals surface area (Å²) in [6.07, 6.45) is 8.31. The van der Waals surface area contributed by atoms with Gasteiger partial charge in [-0.25, -0.2) is 0 Å². The number of hydrogen-bond donors (Lipinski definition) is 0. The minimum Gasteiger partial charge on any atom is -0.299 e. The van der Waals surface area contributed by atoms with E-state index in [0.29, 0.717) is 11.7 Å². The number of rotatable bonds is 3. The molecule has 1 heteroatoms. The van der Waals surface area contributed by atoms with Crippen molar-refractivity contribution >= 4 is 5.78 Å². The molecule has 84 valence electrons. The van der Waals surface area contributed by atoms with E-state index in [1.54, 1.807) is 6.92 Å². The molecule has 1 aliphatic rings. The lowest BCUT2D eigenvalue weighted by molar-refractivity contribution is -0.126. The lowest BCUT2D eigenvalue weighted by Gasteiger charge is -2.39. The average Bonchev–Trinajstić information content (AvgIpc) is 2.19. The highest BCUT2D eigenvalue weighted by molar-refractivity contribution is 5.86. The monoisotopic (exact) mass is 206 g/mol. The van der Waals surface area contributed by atoms with Crippen molar-refractivity contribution in [2.24, 2.45) is 11.3 Å². The molecule has 0 heterocycles. The molecule has 0 radical (unpaired) electrons. The first kappa shape index (κ1) is 12.2. The van der Waals surface area contributed by atoms with Gasteiger partial charge in [-0.1, -0.05) is 38.5 Å². The third kappa shape index (κ3) is 2.22. The lowest BCUT2D eigenvalue weighted by atomic mass is 9.63. The van der Waals surface area contributed by atoms with Crippen LogP contribution >= 0.6 is 0 Å². The first-order valence-corrected chi connectivity index (χ1v) is 5.87. The van der Waals surface area contributed by atoms with Crippen LogP contribution in [0.5, 0.6) is 0 Å². The fourth-order valence-corrected chi connectivity index (χ4v) is 2.93. The Labute approximate surface area is 93.3 Å². The number of carbonyl (C=O) groups excluding carboxylic acids is 1. The summed E-state index contributed by atoms with van der Waals surface area (Å²) < 4.78 is 0. The van der Waals surface area contributed by atoms with Gasteiger partial charge in [0.25, 0.3) is 0 Å². The first-order valence-electron chi connectivity index (χ1n) is 5.87. The zero-order valence-electron chi connectivity index (χ0n) is 10.2. The van der Waals surface area contributed by atoms with Crippen molar-refractivity contribution < 1.29 is 4.79 Å². The van der Waals surface area contributed by atoms with E-state index in [4.69, 9.17) is 0 Å². The second kappa shape index (κ2) is 4.78. The second-order valence-electron chi connectivity index (χ2n) is 4.79. The quantitative estimate of drug-likeness (QED) is 0.640. The maximum atomic E-state index is 11.9. The number of hydrogen-bond acceptors (Lipinski definition) is 1. The molecule has 2 unspecified atom stereocenters. The highest BCUT2D eigenvalue weighted by Gasteiger charge is 2.40. The standard InChI is InChI=1S/C14H22O/c1-5-13(6-2)14(12(4)15)9-7-8-11(3)10-14/h5-6,11H,1,7-10H2,2-4H3/b13-6+. The summed E-state index contributed by atoms with van der Waals surface area (Å²) in [5, 5.41) is 0. The molecule has 0 bridgehead atoms. The van der Waals surface area contributed by atoms with Crippen LogP contribution in [0, 0.1) is 11.3 Å². The number of allylic oxidation sites excluding steroid dienone is 3. The minimum atomic E-state index is -0.228. The Morgan fingerprint density at radius 2 is 2.20 bits per heavy atom. The lowest BCUT2D eigenvalue weighted by Crippen LogP contribution is -2.35. The smallest absolute Gasteiger partial charge is 0.140 e. The van der Waals surface area contributed by atoms with Gasteiger partial charge in [0.1, 0.15) is 5.78 Å². The Bertz CT molecular complexity index is 288. The predicted octanol–water partition coefficient (Wildman–Crippen LogP) is 3.90. The third-order valence-corrected chi connectivity index (χ3v) is 3.75. The Morgan fingerprint density at radius 3 is 2.60 bits per heavy atom. The van der Waals surface area contributed by atoms with Crippen LogP contribution in [0.15, 0.2) is 24.3 Å². The molecule has 0 aliphatic heterocycles. The predicted molar refractivity (Wildman–Crippen MR) is 64.7 cm³/mol. The van der Waals surface area contributed by atoms with Gasteiger partial charge in [0.2, 0.25) is 0 Å². The van der Waals surface area contributed by atoms with Crippen molar-refractivity contribution in [3.05, 3.63) is 24.3 Å². The normalized spacial score (nSPS) is 32.5. The first-order chi connectivity index (χ1) is 7.06. The summed E-state index contributed by atoms with van der Waals surface area (Å²) in [5.41, 5.74) is 0.898. The maximum Gasteiger partial charge on any atom is 0.140 e. The molecule has 15 heavy (non-hydrogen) atoms. The molecule has 1 nitrogen and oxygen atoms in total.